The number of nitrogen functional groups attached to an aromatic ring is 1. The number of hydrogen-bond acceptors (Lipinski definition) is 5. The van der Waals surface area contributed by atoms with E-state index in [0.717, 1.165) is 10.6 Å². The van der Waals surface area contributed by atoms with Crippen LogP contribution < -0.4 is 21.9 Å². The van der Waals surface area contributed by atoms with Gasteiger partial charge in [-0.25, -0.2) is 0 Å². The third-order valence-corrected chi connectivity index (χ3v) is 4.37. The van der Waals surface area contributed by atoms with Crippen molar-refractivity contribution in [2.45, 2.75) is 0 Å². The molecule has 0 aliphatic carbocycles. The highest BCUT2D eigenvalue weighted by molar-refractivity contribution is 6.23. The fraction of sp³-hybridized carbons (Fsp3) is 0. The zero-order valence-corrected chi connectivity index (χ0v) is 14.4. The van der Waals surface area contributed by atoms with Gasteiger partial charge in [0.1, 0.15) is 5.82 Å². The first-order valence-electron chi connectivity index (χ1n) is 8.34. The molecule has 3 aromatic rings. The Hall–Kier alpha value is -4.20. The maximum atomic E-state index is 12.8. The van der Waals surface area contributed by atoms with Crippen molar-refractivity contribution in [1.82, 2.24) is 9.88 Å². The molecule has 0 bridgehead atoms. The van der Waals surface area contributed by atoms with Crippen LogP contribution in [0.15, 0.2) is 65.5 Å². The van der Waals surface area contributed by atoms with E-state index in [2.05, 4.69) is 10.6 Å². The van der Waals surface area contributed by atoms with Gasteiger partial charge >= 0.3 is 0 Å². The highest BCUT2D eigenvalue weighted by Crippen LogP contribution is 2.24. The Morgan fingerprint density at radius 3 is 2.36 bits per heavy atom. The smallest absolute Gasteiger partial charge is 0.262 e. The van der Waals surface area contributed by atoms with E-state index < -0.39 is 23.3 Å². The summed E-state index contributed by atoms with van der Waals surface area (Å²) in [6.07, 6.45) is 0. The lowest BCUT2D eigenvalue weighted by Crippen LogP contribution is -2.26. The minimum Gasteiger partial charge on any atom is -0.384 e. The van der Waals surface area contributed by atoms with Gasteiger partial charge in [-0.15, -0.1) is 0 Å². The van der Waals surface area contributed by atoms with Crippen LogP contribution in [0, 0.1) is 0 Å². The highest BCUT2D eigenvalue weighted by atomic mass is 16.2. The number of para-hydroxylation sites is 2. The lowest BCUT2D eigenvalue weighted by Gasteiger charge is -2.15. The van der Waals surface area contributed by atoms with Gasteiger partial charge in [0.15, 0.2) is 0 Å². The summed E-state index contributed by atoms with van der Waals surface area (Å²) in [5, 5.41) is 4.86. The molecule has 3 amide bonds. The molecule has 138 valence electrons. The number of benzene rings is 2. The van der Waals surface area contributed by atoms with Gasteiger partial charge in [-0.3, -0.25) is 29.1 Å². The fourth-order valence-electron chi connectivity index (χ4n) is 3.11. The molecule has 0 fully saturated rings. The maximum absolute atomic E-state index is 12.8. The summed E-state index contributed by atoms with van der Waals surface area (Å²) in [7, 11) is 0. The highest BCUT2D eigenvalue weighted by Gasteiger charge is 2.32. The van der Waals surface area contributed by atoms with E-state index in [1.807, 2.05) is 6.07 Å². The average molecular weight is 374 g/mol. The van der Waals surface area contributed by atoms with Crippen molar-refractivity contribution in [2.24, 2.45) is 0 Å². The molecule has 0 unspecified atom stereocenters. The Morgan fingerprint density at radius 1 is 0.929 bits per heavy atom. The number of rotatable bonds is 3. The van der Waals surface area contributed by atoms with Crippen LogP contribution in [0.5, 0.6) is 0 Å². The van der Waals surface area contributed by atoms with Gasteiger partial charge in [0, 0.05) is 11.8 Å². The van der Waals surface area contributed by atoms with E-state index in [4.69, 9.17) is 5.73 Å². The van der Waals surface area contributed by atoms with Crippen molar-refractivity contribution in [1.29, 1.82) is 0 Å². The number of nitrogens with two attached hydrogens (primary N) is 1. The predicted molar refractivity (Wildman–Crippen MR) is 103 cm³/mol. The van der Waals surface area contributed by atoms with Gasteiger partial charge < -0.3 is 11.1 Å². The lowest BCUT2D eigenvalue weighted by atomic mass is 10.1. The molecule has 8 heteroatoms. The number of imide groups is 1. The normalized spacial score (nSPS) is 12.4. The van der Waals surface area contributed by atoms with Gasteiger partial charge in [0.25, 0.3) is 23.3 Å². The summed E-state index contributed by atoms with van der Waals surface area (Å²) >= 11 is 0. The molecule has 8 nitrogen and oxygen atoms in total. The molecular weight excluding hydrogens is 360 g/mol. The molecule has 0 spiro atoms. The monoisotopic (exact) mass is 374 g/mol. The number of aromatic nitrogens is 1. The summed E-state index contributed by atoms with van der Waals surface area (Å²) in [6, 6.07) is 16.2. The molecule has 0 radical (unpaired) electrons. The first-order valence-corrected chi connectivity index (χ1v) is 8.34. The number of nitrogens with zero attached hydrogens (tertiary/aromatic N) is 1. The van der Waals surface area contributed by atoms with Crippen molar-refractivity contribution in [2.75, 3.05) is 11.1 Å². The van der Waals surface area contributed by atoms with Crippen LogP contribution in [-0.2, 0) is 0 Å². The van der Waals surface area contributed by atoms with Crippen LogP contribution in [0.3, 0.4) is 0 Å². The number of hydrogen-bond donors (Lipinski definition) is 3. The van der Waals surface area contributed by atoms with Crippen molar-refractivity contribution >= 4 is 29.2 Å². The number of carbonyl (C=O) groups is 3. The lowest BCUT2D eigenvalue weighted by molar-refractivity contribution is 0.0879. The second-order valence-electron chi connectivity index (χ2n) is 6.11. The van der Waals surface area contributed by atoms with Crippen LogP contribution >= 0.6 is 0 Å². The number of pyridine rings is 1. The van der Waals surface area contributed by atoms with Gasteiger partial charge in [-0.2, -0.15) is 0 Å². The minimum atomic E-state index is -0.683. The molecular formula is C20H14N4O4. The number of carbonyl (C=O) groups excluding carboxylic acids is 3. The number of fused-ring (bicyclic) bond motifs is 1. The summed E-state index contributed by atoms with van der Waals surface area (Å²) in [5.74, 6) is -2.01. The number of anilines is 2. The Bertz CT molecular complexity index is 1200. The van der Waals surface area contributed by atoms with Crippen molar-refractivity contribution in [3.8, 4) is 5.69 Å². The van der Waals surface area contributed by atoms with Crippen LogP contribution in [0.4, 0.5) is 11.5 Å². The zero-order chi connectivity index (χ0) is 19.8. The van der Waals surface area contributed by atoms with Gasteiger partial charge in [-0.1, -0.05) is 30.3 Å². The summed E-state index contributed by atoms with van der Waals surface area (Å²) in [5.41, 5.74) is 6.25. The van der Waals surface area contributed by atoms with Gasteiger partial charge in [0.05, 0.1) is 22.4 Å². The van der Waals surface area contributed by atoms with E-state index in [9.17, 15) is 19.2 Å². The fourth-order valence-corrected chi connectivity index (χ4v) is 3.11. The summed E-state index contributed by atoms with van der Waals surface area (Å²) < 4.78 is 1.05. The molecule has 1 aromatic heterocycles. The molecule has 1 aliphatic rings. The molecule has 1 aliphatic heterocycles. The summed E-state index contributed by atoms with van der Waals surface area (Å²) in [4.78, 5) is 49.3. The SMILES string of the molecule is Nc1c2c(cc(=O)n1-c1ccccc1C(=O)Nc1ccccc1)C(=O)NC2=O. The quantitative estimate of drug-likeness (QED) is 0.600. The predicted octanol–water partition coefficient (Wildman–Crippen LogP) is 1.56. The summed E-state index contributed by atoms with van der Waals surface area (Å²) in [6.45, 7) is 0. The molecule has 0 saturated heterocycles. The van der Waals surface area contributed by atoms with Gasteiger partial charge in [-0.05, 0) is 24.3 Å². The van der Waals surface area contributed by atoms with Crippen LogP contribution in [0.1, 0.15) is 31.1 Å². The van der Waals surface area contributed by atoms with Crippen LogP contribution in [0.2, 0.25) is 0 Å². The molecule has 28 heavy (non-hydrogen) atoms. The maximum Gasteiger partial charge on any atom is 0.262 e. The van der Waals surface area contributed by atoms with Crippen LogP contribution in [-0.4, -0.2) is 22.3 Å². The van der Waals surface area contributed by atoms with Crippen molar-refractivity contribution in [3.63, 3.8) is 0 Å². The van der Waals surface area contributed by atoms with E-state index in [1.165, 1.54) is 6.07 Å². The number of amides is 3. The second kappa shape index (κ2) is 6.51. The van der Waals surface area contributed by atoms with Crippen molar-refractivity contribution in [3.05, 3.63) is 87.7 Å². The first kappa shape index (κ1) is 17.2. The largest absolute Gasteiger partial charge is 0.384 e. The first-order chi connectivity index (χ1) is 13.5. The Morgan fingerprint density at radius 2 is 1.61 bits per heavy atom. The van der Waals surface area contributed by atoms with Crippen LogP contribution in [0.25, 0.3) is 5.69 Å². The molecule has 0 saturated carbocycles. The molecule has 4 rings (SSSR count). The third-order valence-electron chi connectivity index (χ3n) is 4.37. The molecule has 2 heterocycles. The standard InChI is InChI=1S/C20H14N4O4/c21-17-16-13(19(27)23-20(16)28)10-15(25)24(17)14-9-5-4-8-12(14)18(26)22-11-6-2-1-3-7-11/h1-10H,21H2,(H,22,26)(H,23,27,28). The van der Waals surface area contributed by atoms with Gasteiger partial charge in [0.2, 0.25) is 0 Å². The Labute approximate surface area is 158 Å². The third kappa shape index (κ3) is 2.73. The number of nitrogens with one attached hydrogen (secondary N) is 2. The molecule has 2 aromatic carbocycles. The second-order valence-corrected chi connectivity index (χ2v) is 6.11. The molecule has 0 atom stereocenters. The van der Waals surface area contributed by atoms with Crippen molar-refractivity contribution < 1.29 is 14.4 Å². The van der Waals surface area contributed by atoms with E-state index >= 15 is 0 Å². The van der Waals surface area contributed by atoms with E-state index in [1.54, 1.807) is 42.5 Å². The molecule has 4 N–H and O–H groups in total. The Balaban J connectivity index is 1.85. The zero-order valence-electron chi connectivity index (χ0n) is 14.4. The Kier molecular flexibility index (Phi) is 4.00. The topological polar surface area (TPSA) is 123 Å². The van der Waals surface area contributed by atoms with E-state index in [-0.39, 0.29) is 28.2 Å². The van der Waals surface area contributed by atoms with E-state index in [0.29, 0.717) is 5.69 Å². The minimum absolute atomic E-state index is 0.0741. The average Bonchev–Trinajstić information content (AvgIpc) is 2.96.